The number of ether oxygens (including phenoxy) is 1. The molecular formula is C13H18N2OS. The van der Waals surface area contributed by atoms with E-state index in [1.807, 2.05) is 0 Å². The molecule has 1 aliphatic rings. The maximum absolute atomic E-state index is 5.24. The topological polar surface area (TPSA) is 33.3 Å². The smallest absolute Gasteiger partial charge is 0.166 e. The van der Waals surface area contributed by atoms with Crippen LogP contribution in [0.15, 0.2) is 24.3 Å². The lowest BCUT2D eigenvalue weighted by molar-refractivity contribution is 0.204. The van der Waals surface area contributed by atoms with Crippen LogP contribution >= 0.6 is 12.2 Å². The van der Waals surface area contributed by atoms with E-state index in [1.54, 1.807) is 7.11 Å². The number of thiocarbonyl (C=S) groups is 1. The monoisotopic (exact) mass is 250 g/mol. The van der Waals surface area contributed by atoms with Crippen molar-refractivity contribution in [3.8, 4) is 0 Å². The molecule has 0 amide bonds. The minimum absolute atomic E-state index is 0.426. The molecule has 0 saturated carbocycles. The molecule has 1 aromatic rings. The Labute approximate surface area is 108 Å². The fourth-order valence-corrected chi connectivity index (χ4v) is 2.43. The van der Waals surface area contributed by atoms with Crippen LogP contribution in [-0.2, 0) is 17.6 Å². The first-order chi connectivity index (χ1) is 8.29. The molecule has 2 N–H and O–H groups in total. The third-order valence-corrected chi connectivity index (χ3v) is 3.24. The van der Waals surface area contributed by atoms with Crippen molar-refractivity contribution in [1.82, 2.24) is 10.6 Å². The Hall–Kier alpha value is -1.13. The maximum atomic E-state index is 5.24. The molecule has 0 radical (unpaired) electrons. The average Bonchev–Trinajstić information content (AvgIpc) is 2.71. The molecule has 0 fully saturated rings. The Morgan fingerprint density at radius 2 is 2.00 bits per heavy atom. The van der Waals surface area contributed by atoms with E-state index in [0.717, 1.165) is 24.5 Å². The lowest BCUT2D eigenvalue weighted by Crippen LogP contribution is -2.43. The zero-order chi connectivity index (χ0) is 12.1. The second-order valence-electron chi connectivity index (χ2n) is 4.27. The van der Waals surface area contributed by atoms with Crippen LogP contribution < -0.4 is 10.6 Å². The summed E-state index contributed by atoms with van der Waals surface area (Å²) in [6.07, 6.45) is 2.12. The van der Waals surface area contributed by atoms with E-state index in [-0.39, 0.29) is 0 Å². The largest absolute Gasteiger partial charge is 0.383 e. The summed E-state index contributed by atoms with van der Waals surface area (Å²) < 4.78 is 4.96. The molecule has 0 spiro atoms. The van der Waals surface area contributed by atoms with Crippen LogP contribution in [0.3, 0.4) is 0 Å². The van der Waals surface area contributed by atoms with Crippen molar-refractivity contribution in [2.75, 3.05) is 20.3 Å². The van der Waals surface area contributed by atoms with Gasteiger partial charge in [-0.25, -0.2) is 0 Å². The van der Waals surface area contributed by atoms with E-state index in [1.165, 1.54) is 11.1 Å². The van der Waals surface area contributed by atoms with E-state index in [0.29, 0.717) is 12.6 Å². The van der Waals surface area contributed by atoms with Gasteiger partial charge in [-0.05, 0) is 36.2 Å². The summed E-state index contributed by atoms with van der Waals surface area (Å²) in [4.78, 5) is 0. The summed E-state index contributed by atoms with van der Waals surface area (Å²) in [5.74, 6) is 0. The van der Waals surface area contributed by atoms with Gasteiger partial charge in [0.05, 0.1) is 6.61 Å². The lowest BCUT2D eigenvalue weighted by Gasteiger charge is -2.15. The first kappa shape index (κ1) is 12.3. The Bertz CT molecular complexity index is 370. The molecule has 4 heteroatoms. The van der Waals surface area contributed by atoms with Crippen molar-refractivity contribution in [3.05, 3.63) is 35.4 Å². The Morgan fingerprint density at radius 1 is 1.35 bits per heavy atom. The number of benzene rings is 1. The molecular weight excluding hydrogens is 232 g/mol. The van der Waals surface area contributed by atoms with Crippen LogP contribution in [0.5, 0.6) is 0 Å². The molecule has 2 rings (SSSR count). The van der Waals surface area contributed by atoms with Crippen molar-refractivity contribution in [2.24, 2.45) is 0 Å². The summed E-state index contributed by atoms with van der Waals surface area (Å²) in [5.41, 5.74) is 2.87. The van der Waals surface area contributed by atoms with Gasteiger partial charge in [-0.3, -0.25) is 0 Å². The highest BCUT2D eigenvalue weighted by atomic mass is 32.1. The van der Waals surface area contributed by atoms with Gasteiger partial charge < -0.3 is 15.4 Å². The molecule has 0 unspecified atom stereocenters. The summed E-state index contributed by atoms with van der Waals surface area (Å²) in [5, 5.41) is 7.20. The first-order valence-electron chi connectivity index (χ1n) is 5.89. The van der Waals surface area contributed by atoms with Crippen LogP contribution in [0.1, 0.15) is 11.1 Å². The number of fused-ring (bicyclic) bond motifs is 1. The van der Waals surface area contributed by atoms with Crippen molar-refractivity contribution >= 4 is 17.3 Å². The van der Waals surface area contributed by atoms with E-state index in [2.05, 4.69) is 34.9 Å². The van der Waals surface area contributed by atoms with Gasteiger partial charge in [0.2, 0.25) is 0 Å². The van der Waals surface area contributed by atoms with E-state index in [9.17, 15) is 0 Å². The predicted molar refractivity (Wildman–Crippen MR) is 73.3 cm³/mol. The van der Waals surface area contributed by atoms with Gasteiger partial charge >= 0.3 is 0 Å². The minimum atomic E-state index is 0.426. The molecule has 0 saturated heterocycles. The van der Waals surface area contributed by atoms with E-state index < -0.39 is 0 Å². The van der Waals surface area contributed by atoms with Crippen molar-refractivity contribution in [3.63, 3.8) is 0 Å². The second kappa shape index (κ2) is 5.98. The molecule has 0 bridgehead atoms. The summed E-state index contributed by atoms with van der Waals surface area (Å²) >= 11 is 5.24. The maximum Gasteiger partial charge on any atom is 0.166 e. The fourth-order valence-electron chi connectivity index (χ4n) is 2.16. The third kappa shape index (κ3) is 3.41. The molecule has 0 aromatic heterocycles. The van der Waals surface area contributed by atoms with Crippen molar-refractivity contribution in [1.29, 1.82) is 0 Å². The summed E-state index contributed by atoms with van der Waals surface area (Å²) in [6, 6.07) is 9.00. The third-order valence-electron chi connectivity index (χ3n) is 2.98. The van der Waals surface area contributed by atoms with E-state index >= 15 is 0 Å². The highest BCUT2D eigenvalue weighted by Crippen LogP contribution is 2.21. The Kier molecular flexibility index (Phi) is 4.34. The highest BCUT2D eigenvalue weighted by Gasteiger charge is 2.20. The van der Waals surface area contributed by atoms with Crippen LogP contribution in [0.4, 0.5) is 0 Å². The highest BCUT2D eigenvalue weighted by molar-refractivity contribution is 7.80. The van der Waals surface area contributed by atoms with Gasteiger partial charge in [0.1, 0.15) is 0 Å². The summed E-state index contributed by atoms with van der Waals surface area (Å²) in [6.45, 7) is 1.43. The zero-order valence-corrected chi connectivity index (χ0v) is 10.8. The number of rotatable bonds is 4. The van der Waals surface area contributed by atoms with Crippen LogP contribution in [-0.4, -0.2) is 31.4 Å². The van der Waals surface area contributed by atoms with Crippen molar-refractivity contribution < 1.29 is 4.74 Å². The summed E-state index contributed by atoms with van der Waals surface area (Å²) in [7, 11) is 1.69. The van der Waals surface area contributed by atoms with Crippen LogP contribution in [0, 0.1) is 0 Å². The molecule has 92 valence electrons. The first-order valence-corrected chi connectivity index (χ1v) is 6.30. The van der Waals surface area contributed by atoms with Crippen molar-refractivity contribution in [2.45, 2.75) is 18.9 Å². The minimum Gasteiger partial charge on any atom is -0.383 e. The molecule has 17 heavy (non-hydrogen) atoms. The molecule has 3 nitrogen and oxygen atoms in total. The zero-order valence-electron chi connectivity index (χ0n) is 10.0. The van der Waals surface area contributed by atoms with Gasteiger partial charge in [0.15, 0.2) is 5.11 Å². The molecule has 0 aliphatic heterocycles. The van der Waals surface area contributed by atoms with Gasteiger partial charge in [-0.2, -0.15) is 0 Å². The van der Waals surface area contributed by atoms with Gasteiger partial charge in [-0.1, -0.05) is 24.3 Å². The number of hydrogen-bond acceptors (Lipinski definition) is 2. The van der Waals surface area contributed by atoms with Crippen LogP contribution in [0.25, 0.3) is 0 Å². The molecule has 1 aliphatic carbocycles. The molecule has 0 heterocycles. The lowest BCUT2D eigenvalue weighted by atomic mass is 10.1. The van der Waals surface area contributed by atoms with Gasteiger partial charge in [-0.15, -0.1) is 0 Å². The Balaban J connectivity index is 1.77. The van der Waals surface area contributed by atoms with E-state index in [4.69, 9.17) is 17.0 Å². The average molecular weight is 250 g/mol. The Morgan fingerprint density at radius 3 is 2.59 bits per heavy atom. The quantitative estimate of drug-likeness (QED) is 0.623. The standard InChI is InChI=1S/C13H18N2OS/c1-16-7-6-14-13(17)15-12-8-10-4-2-3-5-11(10)9-12/h2-5,12H,6-9H2,1H3,(H2,14,15,17). The fraction of sp³-hybridized carbons (Fsp3) is 0.462. The van der Waals surface area contributed by atoms with Gasteiger partial charge in [0.25, 0.3) is 0 Å². The van der Waals surface area contributed by atoms with Gasteiger partial charge in [0, 0.05) is 19.7 Å². The molecule has 0 atom stereocenters. The second-order valence-corrected chi connectivity index (χ2v) is 4.68. The van der Waals surface area contributed by atoms with Crippen LogP contribution in [0.2, 0.25) is 0 Å². The number of methoxy groups -OCH3 is 1. The number of hydrogen-bond donors (Lipinski definition) is 2. The predicted octanol–water partition coefficient (Wildman–Crippen LogP) is 1.26. The number of nitrogens with one attached hydrogen (secondary N) is 2. The normalized spacial score (nSPS) is 14.4. The molecule has 1 aromatic carbocycles. The SMILES string of the molecule is COCCNC(=S)NC1Cc2ccccc2C1.